The lowest BCUT2D eigenvalue weighted by molar-refractivity contribution is -0.116. The lowest BCUT2D eigenvalue weighted by Gasteiger charge is -2.15. The van der Waals surface area contributed by atoms with Crippen molar-refractivity contribution < 1.29 is 9.53 Å². The molecule has 1 unspecified atom stereocenters. The standard InChI is InChI=1S/C22H24N2O3S2/c1-13(25)14(2)28-22-23-20-19(17-10-5-4-6-11-18(17)29-20)21(26)24(22)15-8-7-9-16(12-15)27-3/h7-9,12,14H,4-6,10-11H2,1-3H3. The fraction of sp³-hybridized carbons (Fsp3) is 0.409. The first-order valence-corrected chi connectivity index (χ1v) is 11.6. The number of carbonyl (C=O) groups excluding carboxylic acids is 1. The summed E-state index contributed by atoms with van der Waals surface area (Å²) in [6.07, 6.45) is 5.41. The fourth-order valence-electron chi connectivity index (χ4n) is 3.66. The number of ether oxygens (including phenoxy) is 1. The zero-order valence-corrected chi connectivity index (χ0v) is 18.5. The van der Waals surface area contributed by atoms with Gasteiger partial charge >= 0.3 is 0 Å². The molecule has 2 heterocycles. The number of aryl methyl sites for hydroxylation is 2. The third kappa shape index (κ3) is 3.85. The van der Waals surface area contributed by atoms with Gasteiger partial charge in [-0.25, -0.2) is 4.98 Å². The summed E-state index contributed by atoms with van der Waals surface area (Å²) in [5.74, 6) is 0.734. The molecule has 0 bridgehead atoms. The Hall–Kier alpha value is -2.12. The first kappa shape index (κ1) is 20.2. The van der Waals surface area contributed by atoms with Crippen LogP contribution in [0.5, 0.6) is 5.75 Å². The van der Waals surface area contributed by atoms with E-state index < -0.39 is 0 Å². The first-order chi connectivity index (χ1) is 14.0. The van der Waals surface area contributed by atoms with Crippen LogP contribution in [0.3, 0.4) is 0 Å². The van der Waals surface area contributed by atoms with Gasteiger partial charge in [-0.1, -0.05) is 24.2 Å². The zero-order valence-electron chi connectivity index (χ0n) is 16.9. The third-order valence-electron chi connectivity index (χ3n) is 5.37. The van der Waals surface area contributed by atoms with E-state index in [0.717, 1.165) is 35.9 Å². The average Bonchev–Trinajstić information content (AvgIpc) is 2.89. The SMILES string of the molecule is COc1cccc(-n2c(SC(C)C(C)=O)nc3sc4c(c3c2=O)CCCCC4)c1. The van der Waals surface area contributed by atoms with Gasteiger partial charge in [-0.3, -0.25) is 14.2 Å². The molecule has 0 fully saturated rings. The summed E-state index contributed by atoms with van der Waals surface area (Å²) in [7, 11) is 1.61. The predicted octanol–water partition coefficient (Wildman–Crippen LogP) is 4.79. The van der Waals surface area contributed by atoms with Crippen molar-refractivity contribution in [1.29, 1.82) is 0 Å². The Balaban J connectivity index is 1.98. The lowest BCUT2D eigenvalue weighted by Crippen LogP contribution is -2.23. The van der Waals surface area contributed by atoms with Crippen molar-refractivity contribution in [1.82, 2.24) is 9.55 Å². The van der Waals surface area contributed by atoms with Crippen LogP contribution in [0.25, 0.3) is 15.9 Å². The smallest absolute Gasteiger partial charge is 0.267 e. The normalized spacial score (nSPS) is 15.0. The van der Waals surface area contributed by atoms with E-state index in [9.17, 15) is 9.59 Å². The van der Waals surface area contributed by atoms with Gasteiger partial charge in [0.05, 0.1) is 23.4 Å². The van der Waals surface area contributed by atoms with Crippen LogP contribution < -0.4 is 10.3 Å². The molecule has 0 amide bonds. The highest BCUT2D eigenvalue weighted by Crippen LogP contribution is 2.35. The van der Waals surface area contributed by atoms with Crippen LogP contribution in [0.15, 0.2) is 34.2 Å². The molecule has 2 aromatic heterocycles. The second-order valence-corrected chi connectivity index (χ2v) is 9.74. The van der Waals surface area contributed by atoms with Crippen LogP contribution in [0.1, 0.15) is 43.6 Å². The van der Waals surface area contributed by atoms with Crippen molar-refractivity contribution >= 4 is 39.1 Å². The molecule has 1 aliphatic rings. The minimum atomic E-state index is -0.283. The Labute approximate surface area is 178 Å². The van der Waals surface area contributed by atoms with Crippen LogP contribution in [0.4, 0.5) is 0 Å². The number of ketones is 1. The largest absolute Gasteiger partial charge is 0.497 e. The molecule has 1 atom stereocenters. The van der Waals surface area contributed by atoms with Gasteiger partial charge in [0.15, 0.2) is 5.16 Å². The van der Waals surface area contributed by atoms with E-state index in [-0.39, 0.29) is 16.6 Å². The molecule has 0 radical (unpaired) electrons. The maximum Gasteiger partial charge on any atom is 0.267 e. The van der Waals surface area contributed by atoms with Crippen molar-refractivity contribution in [2.24, 2.45) is 0 Å². The van der Waals surface area contributed by atoms with Crippen molar-refractivity contribution in [2.75, 3.05) is 7.11 Å². The van der Waals surface area contributed by atoms with E-state index in [1.807, 2.05) is 31.2 Å². The van der Waals surface area contributed by atoms with E-state index in [2.05, 4.69) is 0 Å². The minimum absolute atomic E-state index is 0.0547. The number of methoxy groups -OCH3 is 1. The van der Waals surface area contributed by atoms with Crippen molar-refractivity contribution in [3.05, 3.63) is 45.1 Å². The molecule has 1 aliphatic carbocycles. The Morgan fingerprint density at radius 1 is 1.28 bits per heavy atom. The number of thioether (sulfide) groups is 1. The highest BCUT2D eigenvalue weighted by molar-refractivity contribution is 8.00. The third-order valence-corrected chi connectivity index (χ3v) is 7.73. The fourth-order valence-corrected chi connectivity index (χ4v) is 5.89. The molecule has 7 heteroatoms. The first-order valence-electron chi connectivity index (χ1n) is 9.88. The maximum atomic E-state index is 13.7. The summed E-state index contributed by atoms with van der Waals surface area (Å²) in [5.41, 5.74) is 1.82. The van der Waals surface area contributed by atoms with Crippen molar-refractivity contribution in [3.8, 4) is 11.4 Å². The minimum Gasteiger partial charge on any atom is -0.497 e. The van der Waals surface area contributed by atoms with Crippen molar-refractivity contribution in [2.45, 2.75) is 56.4 Å². The monoisotopic (exact) mass is 428 g/mol. The summed E-state index contributed by atoms with van der Waals surface area (Å²) in [6, 6.07) is 7.43. The van der Waals surface area contributed by atoms with Gasteiger partial charge in [-0.05, 0) is 57.2 Å². The van der Waals surface area contributed by atoms with Gasteiger partial charge in [0.1, 0.15) is 16.4 Å². The molecular weight excluding hydrogens is 404 g/mol. The molecule has 152 valence electrons. The predicted molar refractivity (Wildman–Crippen MR) is 119 cm³/mol. The van der Waals surface area contributed by atoms with Gasteiger partial charge in [0, 0.05) is 10.9 Å². The second-order valence-electron chi connectivity index (χ2n) is 7.35. The molecule has 4 rings (SSSR count). The van der Waals surface area contributed by atoms with E-state index in [4.69, 9.17) is 9.72 Å². The number of thiophene rings is 1. The van der Waals surface area contributed by atoms with E-state index >= 15 is 0 Å². The molecule has 29 heavy (non-hydrogen) atoms. The van der Waals surface area contributed by atoms with Gasteiger partial charge in [0.2, 0.25) is 0 Å². The highest BCUT2D eigenvalue weighted by atomic mass is 32.2. The number of hydrogen-bond donors (Lipinski definition) is 0. The summed E-state index contributed by atoms with van der Waals surface area (Å²) >= 11 is 2.97. The number of aromatic nitrogens is 2. The summed E-state index contributed by atoms with van der Waals surface area (Å²) in [5, 5.41) is 1.01. The van der Waals surface area contributed by atoms with Crippen LogP contribution in [0.2, 0.25) is 0 Å². The second kappa shape index (κ2) is 8.32. The number of fused-ring (bicyclic) bond motifs is 3. The van der Waals surface area contributed by atoms with Crippen LogP contribution in [-0.2, 0) is 17.6 Å². The number of nitrogens with zero attached hydrogens (tertiary/aromatic N) is 2. The Bertz CT molecular complexity index is 1130. The molecule has 0 aliphatic heterocycles. The number of benzene rings is 1. The van der Waals surface area contributed by atoms with Crippen LogP contribution >= 0.6 is 23.1 Å². The van der Waals surface area contributed by atoms with E-state index in [0.29, 0.717) is 16.6 Å². The molecule has 0 spiro atoms. The van der Waals surface area contributed by atoms with Crippen LogP contribution in [-0.4, -0.2) is 27.7 Å². The molecule has 3 aromatic rings. The Morgan fingerprint density at radius 3 is 2.83 bits per heavy atom. The summed E-state index contributed by atoms with van der Waals surface area (Å²) in [4.78, 5) is 32.6. The highest BCUT2D eigenvalue weighted by Gasteiger charge is 2.24. The Morgan fingerprint density at radius 2 is 2.07 bits per heavy atom. The van der Waals surface area contributed by atoms with E-state index in [1.54, 1.807) is 29.9 Å². The maximum absolute atomic E-state index is 13.7. The average molecular weight is 429 g/mol. The van der Waals surface area contributed by atoms with Crippen molar-refractivity contribution in [3.63, 3.8) is 0 Å². The molecule has 5 nitrogen and oxygen atoms in total. The zero-order chi connectivity index (χ0) is 20.5. The number of rotatable bonds is 5. The molecule has 0 N–H and O–H groups in total. The quantitative estimate of drug-likeness (QED) is 0.332. The molecule has 0 saturated heterocycles. The van der Waals surface area contributed by atoms with Gasteiger partial charge < -0.3 is 4.74 Å². The number of carbonyl (C=O) groups is 1. The molecule has 0 saturated carbocycles. The van der Waals surface area contributed by atoms with Gasteiger partial charge in [-0.15, -0.1) is 11.3 Å². The van der Waals surface area contributed by atoms with Gasteiger partial charge in [-0.2, -0.15) is 0 Å². The van der Waals surface area contributed by atoms with Gasteiger partial charge in [0.25, 0.3) is 5.56 Å². The summed E-state index contributed by atoms with van der Waals surface area (Å²) < 4.78 is 7.01. The lowest BCUT2D eigenvalue weighted by atomic mass is 10.1. The summed E-state index contributed by atoms with van der Waals surface area (Å²) in [6.45, 7) is 3.42. The number of hydrogen-bond acceptors (Lipinski definition) is 6. The number of Topliss-reactive ketones (excluding diaryl/α,β-unsaturated/α-hetero) is 1. The van der Waals surface area contributed by atoms with E-state index in [1.165, 1.54) is 28.6 Å². The Kier molecular flexibility index (Phi) is 5.79. The topological polar surface area (TPSA) is 61.2 Å². The molecule has 1 aromatic carbocycles. The molecular formula is C22H24N2O3S2. The van der Waals surface area contributed by atoms with Crippen LogP contribution in [0, 0.1) is 0 Å².